The Morgan fingerprint density at radius 1 is 0.962 bits per heavy atom. The predicted octanol–water partition coefficient (Wildman–Crippen LogP) is 4.71. The Hall–Kier alpha value is -2.52. The number of likely N-dealkylation sites (tertiary alicyclic amines) is 1. The number of aromatic nitrogens is 2. The second-order valence-electron chi connectivity index (χ2n) is 7.20. The van der Waals surface area contributed by atoms with E-state index in [0.29, 0.717) is 6.04 Å². The Morgan fingerprint density at radius 3 is 2.58 bits per heavy atom. The van der Waals surface area contributed by atoms with E-state index in [1.807, 2.05) is 12.4 Å². The minimum Gasteiger partial charge on any atom is -0.291 e. The van der Waals surface area contributed by atoms with Crippen LogP contribution in [0.5, 0.6) is 0 Å². The highest BCUT2D eigenvalue weighted by molar-refractivity contribution is 5.26. The topological polar surface area (TPSA) is 29.0 Å². The Morgan fingerprint density at radius 2 is 1.77 bits per heavy atom. The van der Waals surface area contributed by atoms with Crippen molar-refractivity contribution in [3.05, 3.63) is 95.1 Å². The highest BCUT2D eigenvalue weighted by atomic mass is 15.2. The summed E-state index contributed by atoms with van der Waals surface area (Å²) in [7, 11) is 0. The lowest BCUT2D eigenvalue weighted by atomic mass is 10.1. The Kier molecular flexibility index (Phi) is 5.07. The summed E-state index contributed by atoms with van der Waals surface area (Å²) in [5.74, 6) is 0. The van der Waals surface area contributed by atoms with Crippen molar-refractivity contribution in [1.82, 2.24) is 14.9 Å². The van der Waals surface area contributed by atoms with Gasteiger partial charge < -0.3 is 0 Å². The van der Waals surface area contributed by atoms with Crippen LogP contribution >= 0.6 is 0 Å². The van der Waals surface area contributed by atoms with Crippen LogP contribution in [-0.2, 0) is 13.0 Å². The maximum atomic E-state index is 5.01. The number of hydrogen-bond donors (Lipinski definition) is 0. The maximum Gasteiger partial charge on any atom is 0.0578 e. The van der Waals surface area contributed by atoms with Crippen LogP contribution in [0.15, 0.2) is 67.0 Å². The molecule has 3 heteroatoms. The number of nitrogens with zero attached hydrogens (tertiary/aromatic N) is 3. The minimum atomic E-state index is 0.418. The second kappa shape index (κ2) is 7.79. The first-order valence-corrected chi connectivity index (χ1v) is 9.42. The van der Waals surface area contributed by atoms with Crippen LogP contribution in [0.2, 0.25) is 0 Å². The second-order valence-corrected chi connectivity index (χ2v) is 7.20. The summed E-state index contributed by atoms with van der Waals surface area (Å²) in [5.41, 5.74) is 6.31. The van der Waals surface area contributed by atoms with Gasteiger partial charge >= 0.3 is 0 Å². The van der Waals surface area contributed by atoms with Crippen LogP contribution in [0.1, 0.15) is 47.0 Å². The van der Waals surface area contributed by atoms with Crippen LogP contribution in [-0.4, -0.2) is 21.4 Å². The van der Waals surface area contributed by atoms with Gasteiger partial charge in [0, 0.05) is 31.1 Å². The van der Waals surface area contributed by atoms with E-state index in [4.69, 9.17) is 4.98 Å². The lowest BCUT2D eigenvalue weighted by Crippen LogP contribution is -2.23. The Bertz CT molecular complexity index is 843. The first kappa shape index (κ1) is 16.9. The van der Waals surface area contributed by atoms with E-state index in [1.165, 1.54) is 35.2 Å². The fourth-order valence-electron chi connectivity index (χ4n) is 3.77. The van der Waals surface area contributed by atoms with E-state index in [9.17, 15) is 0 Å². The molecule has 0 aliphatic carbocycles. The fraction of sp³-hybridized carbons (Fsp3) is 0.304. The molecule has 0 saturated carbocycles. The molecule has 1 aliphatic rings. The molecule has 0 N–H and O–H groups in total. The van der Waals surface area contributed by atoms with Gasteiger partial charge in [-0.2, -0.15) is 0 Å². The van der Waals surface area contributed by atoms with E-state index in [1.54, 1.807) is 0 Å². The number of benzene rings is 1. The molecular formula is C23H25N3. The third kappa shape index (κ3) is 4.00. The van der Waals surface area contributed by atoms with Gasteiger partial charge in [0.25, 0.3) is 0 Å². The molecule has 4 rings (SSSR count). The first-order valence-electron chi connectivity index (χ1n) is 9.42. The van der Waals surface area contributed by atoms with Crippen LogP contribution in [0.3, 0.4) is 0 Å². The SMILES string of the molecule is Cc1ccc(Cc2cccc([C@H]3CCCN3Cc3ccncc3)n2)cc1. The summed E-state index contributed by atoms with van der Waals surface area (Å²) < 4.78 is 0. The molecule has 0 radical (unpaired) electrons. The standard InChI is InChI=1S/C23H25N3/c1-18-7-9-19(10-8-18)16-21-4-2-5-22(25-21)23-6-3-15-26(23)17-20-11-13-24-14-12-20/h2,4-5,7-14,23H,3,6,15-17H2,1H3/t23-/m1/s1. The smallest absolute Gasteiger partial charge is 0.0578 e. The molecule has 1 fully saturated rings. The molecule has 1 atom stereocenters. The van der Waals surface area contributed by atoms with Crippen LogP contribution in [0, 0.1) is 6.92 Å². The monoisotopic (exact) mass is 343 g/mol. The van der Waals surface area contributed by atoms with Crippen molar-refractivity contribution in [1.29, 1.82) is 0 Å². The van der Waals surface area contributed by atoms with E-state index >= 15 is 0 Å². The third-order valence-corrected chi connectivity index (χ3v) is 5.17. The summed E-state index contributed by atoms with van der Waals surface area (Å²) in [6.07, 6.45) is 7.07. The van der Waals surface area contributed by atoms with Crippen molar-refractivity contribution in [2.75, 3.05) is 6.54 Å². The molecule has 1 aromatic carbocycles. The average Bonchev–Trinajstić information content (AvgIpc) is 3.13. The molecule has 0 bridgehead atoms. The molecule has 26 heavy (non-hydrogen) atoms. The van der Waals surface area contributed by atoms with Gasteiger partial charge in [0.15, 0.2) is 0 Å². The summed E-state index contributed by atoms with van der Waals surface area (Å²) in [4.78, 5) is 11.7. The predicted molar refractivity (Wildman–Crippen MR) is 105 cm³/mol. The highest BCUT2D eigenvalue weighted by Gasteiger charge is 2.27. The van der Waals surface area contributed by atoms with Gasteiger partial charge in [-0.05, 0) is 61.7 Å². The minimum absolute atomic E-state index is 0.418. The number of aryl methyl sites for hydroxylation is 1. The molecular weight excluding hydrogens is 318 g/mol. The van der Waals surface area contributed by atoms with Gasteiger partial charge in [-0.25, -0.2) is 0 Å². The van der Waals surface area contributed by atoms with Gasteiger partial charge in [0.1, 0.15) is 0 Å². The normalized spacial score (nSPS) is 17.5. The lowest BCUT2D eigenvalue weighted by Gasteiger charge is -2.24. The van der Waals surface area contributed by atoms with Gasteiger partial charge in [-0.3, -0.25) is 14.9 Å². The van der Waals surface area contributed by atoms with Crippen LogP contribution < -0.4 is 0 Å². The van der Waals surface area contributed by atoms with E-state index in [2.05, 4.69) is 71.4 Å². The molecule has 1 saturated heterocycles. The quantitative estimate of drug-likeness (QED) is 0.671. The van der Waals surface area contributed by atoms with Crippen molar-refractivity contribution in [2.45, 2.75) is 38.8 Å². The van der Waals surface area contributed by atoms with Crippen molar-refractivity contribution < 1.29 is 0 Å². The van der Waals surface area contributed by atoms with Gasteiger partial charge in [-0.1, -0.05) is 35.9 Å². The molecule has 2 aromatic heterocycles. The molecule has 3 nitrogen and oxygen atoms in total. The zero-order valence-corrected chi connectivity index (χ0v) is 15.3. The number of hydrogen-bond acceptors (Lipinski definition) is 3. The highest BCUT2D eigenvalue weighted by Crippen LogP contribution is 2.32. The summed E-state index contributed by atoms with van der Waals surface area (Å²) >= 11 is 0. The van der Waals surface area contributed by atoms with Gasteiger partial charge in [0.2, 0.25) is 0 Å². The van der Waals surface area contributed by atoms with Crippen molar-refractivity contribution >= 4 is 0 Å². The van der Waals surface area contributed by atoms with Gasteiger partial charge in [-0.15, -0.1) is 0 Å². The fourth-order valence-corrected chi connectivity index (χ4v) is 3.77. The van der Waals surface area contributed by atoms with Crippen molar-refractivity contribution in [3.8, 4) is 0 Å². The van der Waals surface area contributed by atoms with E-state index < -0.39 is 0 Å². The molecule has 0 amide bonds. The van der Waals surface area contributed by atoms with E-state index in [0.717, 1.165) is 25.2 Å². The summed E-state index contributed by atoms with van der Waals surface area (Å²) in [6, 6.07) is 19.9. The molecule has 3 aromatic rings. The van der Waals surface area contributed by atoms with Gasteiger partial charge in [0.05, 0.1) is 11.7 Å². The van der Waals surface area contributed by atoms with Crippen LogP contribution in [0.4, 0.5) is 0 Å². The first-order chi connectivity index (χ1) is 12.8. The van der Waals surface area contributed by atoms with Crippen molar-refractivity contribution in [3.63, 3.8) is 0 Å². The third-order valence-electron chi connectivity index (χ3n) is 5.17. The molecule has 0 spiro atoms. The average molecular weight is 343 g/mol. The number of rotatable bonds is 5. The summed E-state index contributed by atoms with van der Waals surface area (Å²) in [6.45, 7) is 4.23. The molecule has 0 unspecified atom stereocenters. The molecule has 1 aliphatic heterocycles. The Balaban J connectivity index is 1.50. The lowest BCUT2D eigenvalue weighted by molar-refractivity contribution is 0.244. The maximum absolute atomic E-state index is 5.01. The largest absolute Gasteiger partial charge is 0.291 e. The molecule has 132 valence electrons. The van der Waals surface area contributed by atoms with Crippen molar-refractivity contribution in [2.24, 2.45) is 0 Å². The Labute approximate surface area is 155 Å². The number of pyridine rings is 2. The van der Waals surface area contributed by atoms with E-state index in [-0.39, 0.29) is 0 Å². The molecule has 3 heterocycles. The summed E-state index contributed by atoms with van der Waals surface area (Å²) in [5, 5.41) is 0. The van der Waals surface area contributed by atoms with Crippen LogP contribution in [0.25, 0.3) is 0 Å². The zero-order chi connectivity index (χ0) is 17.8. The zero-order valence-electron chi connectivity index (χ0n) is 15.3.